The molecule has 190 valence electrons. The van der Waals surface area contributed by atoms with Gasteiger partial charge in [0.05, 0.1) is 0 Å². The summed E-state index contributed by atoms with van der Waals surface area (Å²) in [6.45, 7) is 9.42. The topological polar surface area (TPSA) is 87.7 Å². The normalized spacial score (nSPS) is 16.2. The average molecular weight is 492 g/mol. The molecule has 0 bridgehead atoms. The Morgan fingerprint density at radius 1 is 1.12 bits per heavy atom. The molecule has 0 radical (unpaired) electrons. The van der Waals surface area contributed by atoms with Crippen molar-refractivity contribution in [3.63, 3.8) is 0 Å². The predicted octanol–water partition coefficient (Wildman–Crippen LogP) is 4.67. The van der Waals surface area contributed by atoms with Crippen LogP contribution in [0.2, 0.25) is 0 Å². The number of thioether (sulfide) groups is 1. The number of carbonyl (C=O) groups excluding carboxylic acids is 3. The summed E-state index contributed by atoms with van der Waals surface area (Å²) in [6, 6.07) is 7.88. The lowest BCUT2D eigenvalue weighted by molar-refractivity contribution is -0.143. The maximum atomic E-state index is 13.9. The molecule has 2 rings (SSSR count). The van der Waals surface area contributed by atoms with Gasteiger partial charge in [0.2, 0.25) is 11.8 Å². The number of alkyl carbamates (subject to hydrolysis) is 1. The van der Waals surface area contributed by atoms with Gasteiger partial charge in [-0.05, 0) is 71.0 Å². The largest absolute Gasteiger partial charge is 0.444 e. The van der Waals surface area contributed by atoms with Crippen LogP contribution in [0, 0.1) is 0 Å². The number of benzene rings is 1. The van der Waals surface area contributed by atoms with Crippen LogP contribution in [0.15, 0.2) is 30.3 Å². The third kappa shape index (κ3) is 8.85. The number of nitrogens with one attached hydrogen (secondary N) is 2. The highest BCUT2D eigenvalue weighted by Crippen LogP contribution is 2.36. The van der Waals surface area contributed by atoms with E-state index in [9.17, 15) is 14.4 Å². The number of carbonyl (C=O) groups is 3. The van der Waals surface area contributed by atoms with Crippen molar-refractivity contribution in [2.24, 2.45) is 0 Å². The molecule has 3 amide bonds. The smallest absolute Gasteiger partial charge is 0.408 e. The molecule has 8 heteroatoms. The van der Waals surface area contributed by atoms with Gasteiger partial charge >= 0.3 is 6.09 Å². The quantitative estimate of drug-likeness (QED) is 0.444. The summed E-state index contributed by atoms with van der Waals surface area (Å²) in [5.74, 6) is 0.267. The van der Waals surface area contributed by atoms with Crippen LogP contribution >= 0.6 is 11.8 Å². The maximum Gasteiger partial charge on any atom is 0.408 e. The van der Waals surface area contributed by atoms with Gasteiger partial charge in [-0.2, -0.15) is 11.8 Å². The maximum absolute atomic E-state index is 13.9. The van der Waals surface area contributed by atoms with Crippen LogP contribution in [0.4, 0.5) is 4.79 Å². The number of hydrogen-bond acceptors (Lipinski definition) is 5. The van der Waals surface area contributed by atoms with Crippen molar-refractivity contribution in [1.29, 1.82) is 0 Å². The van der Waals surface area contributed by atoms with E-state index >= 15 is 0 Å². The molecule has 1 aromatic rings. The van der Waals surface area contributed by atoms with E-state index in [1.807, 2.05) is 43.5 Å². The zero-order chi connectivity index (χ0) is 25.3. The van der Waals surface area contributed by atoms with E-state index in [4.69, 9.17) is 4.74 Å². The standard InChI is InChI=1S/C26H41N3O4S/c1-7-11-18(2)27-23(30)22(19-12-9-8-10-13-19)29(20-14-15-20)24(31)21(16-17-34-6)28-25(32)33-26(3,4)5/h8-10,12-13,18,20-22H,7,11,14-17H2,1-6H3,(H,27,30)(H,28,32). The van der Waals surface area contributed by atoms with Crippen LogP contribution in [0.1, 0.15) is 78.3 Å². The molecule has 7 nitrogen and oxygen atoms in total. The average Bonchev–Trinajstić information content (AvgIpc) is 3.58. The number of nitrogens with zero attached hydrogens (tertiary/aromatic N) is 1. The van der Waals surface area contributed by atoms with E-state index < -0.39 is 23.8 Å². The SMILES string of the molecule is CCCC(C)NC(=O)C(c1ccccc1)N(C(=O)C(CCSC)NC(=O)OC(C)(C)C)C1CC1. The Balaban J connectivity index is 2.36. The minimum absolute atomic E-state index is 0.00652. The van der Waals surface area contributed by atoms with E-state index in [0.717, 1.165) is 31.2 Å². The van der Waals surface area contributed by atoms with Crippen molar-refractivity contribution in [3.8, 4) is 0 Å². The van der Waals surface area contributed by atoms with Gasteiger partial charge in [-0.25, -0.2) is 4.79 Å². The molecule has 1 aromatic carbocycles. The Morgan fingerprint density at radius 2 is 1.76 bits per heavy atom. The highest BCUT2D eigenvalue weighted by Gasteiger charge is 2.44. The molecule has 2 N–H and O–H groups in total. The second-order valence-corrected chi connectivity index (χ2v) is 11.0. The fourth-order valence-corrected chi connectivity index (χ4v) is 4.37. The van der Waals surface area contributed by atoms with Gasteiger partial charge in [0.15, 0.2) is 0 Å². The molecule has 0 aromatic heterocycles. The van der Waals surface area contributed by atoms with Gasteiger partial charge in [0.25, 0.3) is 0 Å². The molecule has 0 saturated heterocycles. The Bertz CT molecular complexity index is 808. The molecule has 3 atom stereocenters. The first kappa shape index (κ1) is 28.0. The van der Waals surface area contributed by atoms with Crippen molar-refractivity contribution in [1.82, 2.24) is 15.5 Å². The summed E-state index contributed by atoms with van der Waals surface area (Å²) in [6.07, 6.45) is 5.30. The summed E-state index contributed by atoms with van der Waals surface area (Å²) < 4.78 is 5.42. The van der Waals surface area contributed by atoms with Crippen LogP contribution in [0.25, 0.3) is 0 Å². The lowest BCUT2D eigenvalue weighted by Gasteiger charge is -2.35. The number of amides is 3. The zero-order valence-corrected chi connectivity index (χ0v) is 22.2. The van der Waals surface area contributed by atoms with Crippen molar-refractivity contribution in [2.45, 2.75) is 96.5 Å². The summed E-state index contributed by atoms with van der Waals surface area (Å²) in [7, 11) is 0. The molecule has 1 saturated carbocycles. The highest BCUT2D eigenvalue weighted by atomic mass is 32.2. The van der Waals surface area contributed by atoms with Crippen molar-refractivity contribution in [3.05, 3.63) is 35.9 Å². The van der Waals surface area contributed by atoms with E-state index in [-0.39, 0.29) is 23.9 Å². The molecular weight excluding hydrogens is 450 g/mol. The van der Waals surface area contributed by atoms with E-state index in [1.54, 1.807) is 37.4 Å². The number of hydrogen-bond donors (Lipinski definition) is 2. The lowest BCUT2D eigenvalue weighted by atomic mass is 10.0. The van der Waals surface area contributed by atoms with Crippen molar-refractivity contribution >= 4 is 29.7 Å². The molecule has 0 spiro atoms. The summed E-state index contributed by atoms with van der Waals surface area (Å²) in [5, 5.41) is 5.88. The summed E-state index contributed by atoms with van der Waals surface area (Å²) in [4.78, 5) is 41.7. The van der Waals surface area contributed by atoms with Crippen LogP contribution in [-0.4, -0.2) is 58.5 Å². The van der Waals surface area contributed by atoms with Crippen LogP contribution in [0.5, 0.6) is 0 Å². The van der Waals surface area contributed by atoms with E-state index in [1.165, 1.54) is 0 Å². The second-order valence-electron chi connectivity index (χ2n) is 9.97. The molecular formula is C26H41N3O4S. The zero-order valence-electron chi connectivity index (χ0n) is 21.4. The van der Waals surface area contributed by atoms with E-state index in [0.29, 0.717) is 12.2 Å². The minimum atomic E-state index is -0.769. The first-order chi connectivity index (χ1) is 16.1. The van der Waals surface area contributed by atoms with Gasteiger partial charge < -0.3 is 20.3 Å². The monoisotopic (exact) mass is 491 g/mol. The van der Waals surface area contributed by atoms with Gasteiger partial charge in [-0.3, -0.25) is 9.59 Å². The van der Waals surface area contributed by atoms with Gasteiger partial charge in [-0.1, -0.05) is 43.7 Å². The second kappa shape index (κ2) is 13.0. The lowest BCUT2D eigenvalue weighted by Crippen LogP contribution is -2.54. The number of ether oxygens (including phenoxy) is 1. The molecule has 34 heavy (non-hydrogen) atoms. The van der Waals surface area contributed by atoms with Gasteiger partial charge in [-0.15, -0.1) is 0 Å². The van der Waals surface area contributed by atoms with E-state index in [2.05, 4.69) is 17.6 Å². The first-order valence-electron chi connectivity index (χ1n) is 12.2. The Hall–Kier alpha value is -2.22. The van der Waals surface area contributed by atoms with Crippen molar-refractivity contribution < 1.29 is 19.1 Å². The Labute approximate surface area is 208 Å². The molecule has 0 heterocycles. The highest BCUT2D eigenvalue weighted by molar-refractivity contribution is 7.98. The third-order valence-corrected chi connectivity index (χ3v) is 6.19. The predicted molar refractivity (Wildman–Crippen MR) is 138 cm³/mol. The number of rotatable bonds is 12. The molecule has 0 aliphatic heterocycles. The Kier molecular flexibility index (Phi) is 10.7. The van der Waals surface area contributed by atoms with Crippen LogP contribution in [0.3, 0.4) is 0 Å². The molecule has 1 aliphatic rings. The first-order valence-corrected chi connectivity index (χ1v) is 13.6. The van der Waals surface area contributed by atoms with Gasteiger partial charge in [0.1, 0.15) is 17.7 Å². The summed E-state index contributed by atoms with van der Waals surface area (Å²) >= 11 is 1.61. The van der Waals surface area contributed by atoms with Crippen molar-refractivity contribution in [2.75, 3.05) is 12.0 Å². The molecule has 3 unspecified atom stereocenters. The molecule has 1 fully saturated rings. The Morgan fingerprint density at radius 3 is 2.29 bits per heavy atom. The fraction of sp³-hybridized carbons (Fsp3) is 0.654. The van der Waals surface area contributed by atoms with Crippen LogP contribution in [-0.2, 0) is 14.3 Å². The molecule has 1 aliphatic carbocycles. The van der Waals surface area contributed by atoms with Gasteiger partial charge in [0, 0.05) is 12.1 Å². The third-order valence-electron chi connectivity index (χ3n) is 5.55. The minimum Gasteiger partial charge on any atom is -0.444 e. The van der Waals surface area contributed by atoms with Crippen LogP contribution < -0.4 is 10.6 Å². The fourth-order valence-electron chi connectivity index (χ4n) is 3.89. The summed E-state index contributed by atoms with van der Waals surface area (Å²) in [5.41, 5.74) is 0.0970.